The number of hydrogen-bond donors (Lipinski definition) is 3. The molecule has 3 N–H and O–H groups in total. The average molecular weight is 473 g/mol. The molecule has 0 saturated heterocycles. The van der Waals surface area contributed by atoms with Crippen molar-refractivity contribution < 1.29 is 20.1 Å². The van der Waals surface area contributed by atoms with E-state index in [0.29, 0.717) is 5.92 Å². The van der Waals surface area contributed by atoms with E-state index in [1.54, 1.807) is 0 Å². The van der Waals surface area contributed by atoms with Crippen molar-refractivity contribution in [3.8, 4) is 0 Å². The van der Waals surface area contributed by atoms with Crippen LogP contribution >= 0.6 is 0 Å². The molecule has 0 heterocycles. The summed E-state index contributed by atoms with van der Waals surface area (Å²) < 4.78 is 0. The van der Waals surface area contributed by atoms with Gasteiger partial charge >= 0.3 is 5.97 Å². The highest BCUT2D eigenvalue weighted by molar-refractivity contribution is 5.76. The average Bonchev–Trinajstić information content (AvgIpc) is 2.70. The Hall–Kier alpha value is -0.870. The minimum Gasteiger partial charge on any atom is -0.481 e. The fraction of sp³-hybridized carbons (Fsp3) is 0.900. The second-order valence-electron chi connectivity index (χ2n) is 15.2. The molecule has 192 valence electrons. The number of rotatable bonds is 1. The van der Waals surface area contributed by atoms with Crippen LogP contribution in [-0.2, 0) is 4.79 Å². The van der Waals surface area contributed by atoms with Gasteiger partial charge in [-0.3, -0.25) is 4.79 Å². The summed E-state index contributed by atoms with van der Waals surface area (Å²) in [5, 5.41) is 33.1. The summed E-state index contributed by atoms with van der Waals surface area (Å²) in [5.41, 5.74) is 0.421. The lowest BCUT2D eigenvalue weighted by Crippen LogP contribution is -2.68. The van der Waals surface area contributed by atoms with Crippen LogP contribution in [0.15, 0.2) is 11.6 Å². The minimum atomic E-state index is -0.624. The molecule has 0 spiro atoms. The Kier molecular flexibility index (Phi) is 5.20. The lowest BCUT2D eigenvalue weighted by atomic mass is 9.33. The van der Waals surface area contributed by atoms with Crippen molar-refractivity contribution in [2.24, 2.45) is 50.2 Å². The lowest BCUT2D eigenvalue weighted by molar-refractivity contribution is -0.242. The van der Waals surface area contributed by atoms with E-state index < -0.39 is 17.5 Å². The zero-order valence-electron chi connectivity index (χ0n) is 22.6. The molecule has 9 atom stereocenters. The lowest BCUT2D eigenvalue weighted by Gasteiger charge is -2.72. The van der Waals surface area contributed by atoms with E-state index in [0.717, 1.165) is 57.8 Å². The van der Waals surface area contributed by atoms with E-state index in [2.05, 4.69) is 54.5 Å². The summed E-state index contributed by atoms with van der Waals surface area (Å²) in [6, 6.07) is 0. The second-order valence-corrected chi connectivity index (χ2v) is 15.2. The molecule has 4 fully saturated rings. The van der Waals surface area contributed by atoms with Crippen LogP contribution in [0.5, 0.6) is 0 Å². The number of fused-ring (bicyclic) bond motifs is 7. The Labute approximate surface area is 206 Å². The van der Waals surface area contributed by atoms with Gasteiger partial charge in [-0.1, -0.05) is 60.1 Å². The summed E-state index contributed by atoms with van der Waals surface area (Å²) in [5.74, 6) is 0.0121. The molecule has 0 radical (unpaired) electrons. The molecule has 34 heavy (non-hydrogen) atoms. The van der Waals surface area contributed by atoms with Crippen LogP contribution < -0.4 is 0 Å². The highest BCUT2D eigenvalue weighted by atomic mass is 16.4. The Bertz CT molecular complexity index is 919. The van der Waals surface area contributed by atoms with E-state index >= 15 is 0 Å². The SMILES string of the molecule is CC1(C)CCC2(C(=O)O)CC[C@]3(C)C(=CC[C@@H]4[C@@]5(C)CC[C@H](O)C(C)(C)[C@@H]5[C@H](O)C[C@]43C)[C@@H]2C1. The predicted octanol–water partition coefficient (Wildman–Crippen LogP) is 6.20. The van der Waals surface area contributed by atoms with Gasteiger partial charge in [-0.2, -0.15) is 0 Å². The summed E-state index contributed by atoms with van der Waals surface area (Å²) in [4.78, 5) is 12.8. The van der Waals surface area contributed by atoms with E-state index in [4.69, 9.17) is 0 Å². The van der Waals surface area contributed by atoms with Crippen molar-refractivity contribution in [1.82, 2.24) is 0 Å². The van der Waals surface area contributed by atoms with Gasteiger partial charge < -0.3 is 15.3 Å². The summed E-state index contributed by atoms with van der Waals surface area (Å²) >= 11 is 0. The molecule has 5 aliphatic rings. The van der Waals surface area contributed by atoms with Crippen molar-refractivity contribution >= 4 is 5.97 Å². The fourth-order valence-electron chi connectivity index (χ4n) is 10.8. The van der Waals surface area contributed by atoms with Gasteiger partial charge in [-0.15, -0.1) is 0 Å². The van der Waals surface area contributed by atoms with Crippen LogP contribution in [-0.4, -0.2) is 33.5 Å². The quantitative estimate of drug-likeness (QED) is 0.397. The van der Waals surface area contributed by atoms with Crippen LogP contribution in [0.2, 0.25) is 0 Å². The Balaban J connectivity index is 1.63. The van der Waals surface area contributed by atoms with E-state index in [1.165, 1.54) is 5.57 Å². The highest BCUT2D eigenvalue weighted by Crippen LogP contribution is 2.75. The third kappa shape index (κ3) is 2.88. The van der Waals surface area contributed by atoms with Gasteiger partial charge in [0.15, 0.2) is 0 Å². The van der Waals surface area contributed by atoms with Crippen LogP contribution in [0.1, 0.15) is 106 Å². The number of carboxylic acid groups (broad SMARTS) is 1. The molecule has 1 unspecified atom stereocenters. The van der Waals surface area contributed by atoms with Crippen LogP contribution in [0.3, 0.4) is 0 Å². The first-order valence-electron chi connectivity index (χ1n) is 13.9. The van der Waals surface area contributed by atoms with Gasteiger partial charge in [0.05, 0.1) is 17.6 Å². The zero-order chi connectivity index (χ0) is 25.1. The van der Waals surface area contributed by atoms with Crippen LogP contribution in [0.4, 0.5) is 0 Å². The topological polar surface area (TPSA) is 77.8 Å². The number of aliphatic hydroxyl groups is 2. The van der Waals surface area contributed by atoms with Crippen LogP contribution in [0, 0.1) is 50.2 Å². The minimum absolute atomic E-state index is 0.0344. The normalized spacial score (nSPS) is 53.4. The molecule has 0 aromatic carbocycles. The van der Waals surface area contributed by atoms with Gasteiger partial charge in [-0.25, -0.2) is 0 Å². The van der Waals surface area contributed by atoms with Crippen molar-refractivity contribution in [2.75, 3.05) is 0 Å². The molecule has 4 heteroatoms. The largest absolute Gasteiger partial charge is 0.481 e. The maximum atomic E-state index is 12.8. The van der Waals surface area contributed by atoms with Gasteiger partial charge in [0.25, 0.3) is 0 Å². The summed E-state index contributed by atoms with van der Waals surface area (Å²) in [6.45, 7) is 16.2. The Morgan fingerprint density at radius 1 is 0.912 bits per heavy atom. The molecule has 4 nitrogen and oxygen atoms in total. The molecule has 5 aliphatic carbocycles. The van der Waals surface area contributed by atoms with Crippen molar-refractivity contribution in [3.63, 3.8) is 0 Å². The smallest absolute Gasteiger partial charge is 0.310 e. The van der Waals surface area contributed by atoms with Crippen LogP contribution in [0.25, 0.3) is 0 Å². The first-order chi connectivity index (χ1) is 15.6. The third-order valence-electron chi connectivity index (χ3n) is 12.9. The number of aliphatic hydroxyl groups excluding tert-OH is 2. The molecule has 0 aromatic heterocycles. The molecular weight excluding hydrogens is 424 g/mol. The van der Waals surface area contributed by atoms with Crippen molar-refractivity contribution in [1.29, 1.82) is 0 Å². The van der Waals surface area contributed by atoms with Gasteiger partial charge in [0.2, 0.25) is 0 Å². The predicted molar refractivity (Wildman–Crippen MR) is 134 cm³/mol. The number of carboxylic acids is 1. The molecule has 0 amide bonds. The number of carbonyl (C=O) groups is 1. The molecule has 0 aliphatic heterocycles. The fourth-order valence-corrected chi connectivity index (χ4v) is 10.8. The summed E-state index contributed by atoms with van der Waals surface area (Å²) in [7, 11) is 0. The molecule has 0 bridgehead atoms. The van der Waals surface area contributed by atoms with E-state index in [9.17, 15) is 20.1 Å². The van der Waals surface area contributed by atoms with Crippen molar-refractivity contribution in [3.05, 3.63) is 11.6 Å². The maximum Gasteiger partial charge on any atom is 0.310 e. The zero-order valence-corrected chi connectivity index (χ0v) is 22.6. The van der Waals surface area contributed by atoms with Crippen molar-refractivity contribution in [2.45, 2.75) is 118 Å². The third-order valence-corrected chi connectivity index (χ3v) is 12.9. The Morgan fingerprint density at radius 3 is 2.21 bits per heavy atom. The van der Waals surface area contributed by atoms with E-state index in [1.807, 2.05) is 0 Å². The first-order valence-corrected chi connectivity index (χ1v) is 13.9. The maximum absolute atomic E-state index is 12.8. The van der Waals surface area contributed by atoms with Gasteiger partial charge in [-0.05, 0) is 103 Å². The van der Waals surface area contributed by atoms with Gasteiger partial charge in [0, 0.05) is 0 Å². The molecule has 0 aromatic rings. The van der Waals surface area contributed by atoms with E-state index in [-0.39, 0.29) is 45.0 Å². The monoisotopic (exact) mass is 472 g/mol. The first kappa shape index (κ1) is 24.8. The summed E-state index contributed by atoms with van der Waals surface area (Å²) in [6.07, 6.45) is 9.49. The Morgan fingerprint density at radius 2 is 1.56 bits per heavy atom. The number of allylic oxidation sites excluding steroid dienone is 2. The molecule has 5 rings (SSSR count). The number of aliphatic carboxylic acids is 1. The molecular formula is C30H48O4. The van der Waals surface area contributed by atoms with Gasteiger partial charge in [0.1, 0.15) is 0 Å². The second kappa shape index (κ2) is 7.12. The highest BCUT2D eigenvalue weighted by Gasteiger charge is 2.70. The number of hydrogen-bond acceptors (Lipinski definition) is 3. The molecule has 4 saturated carbocycles. The standard InChI is InChI=1S/C30H48O4/c1-25(2)12-14-30(24(33)34)15-13-28(6)18(19(30)16-25)8-9-21-27(5)11-10-22(32)26(3,4)23(27)20(31)17-29(21,28)7/h8,19-23,31-32H,9-17H2,1-7H3,(H,33,34)/t19-,20+,21+,22-,23-,27+,28+,29+,30?/m0/s1.